The lowest BCUT2D eigenvalue weighted by Crippen LogP contribution is -2.33. The van der Waals surface area contributed by atoms with Crippen LogP contribution in [-0.4, -0.2) is 48.2 Å². The summed E-state index contributed by atoms with van der Waals surface area (Å²) in [5.74, 6) is 0.656. The van der Waals surface area contributed by atoms with E-state index in [0.717, 1.165) is 18.8 Å². The van der Waals surface area contributed by atoms with Crippen molar-refractivity contribution in [3.8, 4) is 0 Å². The Morgan fingerprint density at radius 3 is 3.05 bits per heavy atom. The molecule has 1 aliphatic rings. The van der Waals surface area contributed by atoms with Gasteiger partial charge in [0.25, 0.3) is 0 Å². The zero-order valence-corrected chi connectivity index (χ0v) is 10.3. The zero-order chi connectivity index (χ0) is 13.2. The van der Waals surface area contributed by atoms with Gasteiger partial charge in [-0.15, -0.1) is 0 Å². The molecule has 1 unspecified atom stereocenters. The lowest BCUT2D eigenvalue weighted by Gasteiger charge is -2.26. The van der Waals surface area contributed by atoms with Crippen LogP contribution in [0.15, 0.2) is 17.0 Å². The predicted octanol–water partition coefficient (Wildman–Crippen LogP) is -0.692. The molecule has 2 N–H and O–H groups in total. The molecule has 1 aliphatic heterocycles. The van der Waals surface area contributed by atoms with E-state index in [4.69, 9.17) is 9.63 Å². The van der Waals surface area contributed by atoms with Crippen molar-refractivity contribution in [3.63, 3.8) is 0 Å². The summed E-state index contributed by atoms with van der Waals surface area (Å²) in [7, 11) is 0. The van der Waals surface area contributed by atoms with Crippen LogP contribution in [0.1, 0.15) is 23.3 Å². The second-order valence-electron chi connectivity index (χ2n) is 4.54. The van der Waals surface area contributed by atoms with Crippen LogP contribution in [0.5, 0.6) is 0 Å². The number of aliphatic hydroxyl groups is 2. The lowest BCUT2D eigenvalue weighted by atomic mass is 10.2. The van der Waals surface area contributed by atoms with Crippen LogP contribution < -0.4 is 0 Å². The van der Waals surface area contributed by atoms with Gasteiger partial charge in [0.05, 0.1) is 31.1 Å². The summed E-state index contributed by atoms with van der Waals surface area (Å²) in [6.07, 6.45) is 0.406. The van der Waals surface area contributed by atoms with Gasteiger partial charge in [-0.3, -0.25) is 9.58 Å². The van der Waals surface area contributed by atoms with Crippen molar-refractivity contribution in [2.75, 3.05) is 13.2 Å². The van der Waals surface area contributed by atoms with Gasteiger partial charge in [0.15, 0.2) is 5.82 Å². The third kappa shape index (κ3) is 2.50. The molecule has 0 fully saturated rings. The minimum absolute atomic E-state index is 0.316. The Hall–Kier alpha value is -1.77. The summed E-state index contributed by atoms with van der Waals surface area (Å²) in [6.45, 7) is 2.59. The van der Waals surface area contributed by atoms with Crippen LogP contribution in [0.25, 0.3) is 0 Å². The van der Waals surface area contributed by atoms with Crippen molar-refractivity contribution in [1.29, 1.82) is 0 Å². The molecule has 0 amide bonds. The molecule has 3 rings (SSSR count). The van der Waals surface area contributed by atoms with Gasteiger partial charge in [-0.1, -0.05) is 5.16 Å². The molecule has 2 aromatic heterocycles. The van der Waals surface area contributed by atoms with E-state index < -0.39 is 6.10 Å². The molecule has 2 aromatic rings. The first kappa shape index (κ1) is 12.3. The lowest BCUT2D eigenvalue weighted by molar-refractivity contribution is 0.0915. The van der Waals surface area contributed by atoms with Crippen molar-refractivity contribution in [3.05, 3.63) is 29.7 Å². The van der Waals surface area contributed by atoms with Crippen LogP contribution in [-0.2, 0) is 19.6 Å². The maximum atomic E-state index is 9.58. The van der Waals surface area contributed by atoms with E-state index >= 15 is 0 Å². The van der Waals surface area contributed by atoms with Crippen molar-refractivity contribution >= 4 is 0 Å². The van der Waals surface area contributed by atoms with Crippen LogP contribution in [0.4, 0.5) is 0 Å². The largest absolute Gasteiger partial charge is 0.393 e. The van der Waals surface area contributed by atoms with Crippen molar-refractivity contribution in [2.24, 2.45) is 0 Å². The van der Waals surface area contributed by atoms with E-state index in [1.807, 2.05) is 10.7 Å². The number of hydrogen-bond acceptors (Lipinski definition) is 7. The molecular weight excluding hydrogens is 250 g/mol. The van der Waals surface area contributed by atoms with Gasteiger partial charge in [0, 0.05) is 13.1 Å². The Balaban J connectivity index is 1.71. The molecule has 0 spiro atoms. The first-order valence-electron chi connectivity index (χ1n) is 6.09. The molecule has 19 heavy (non-hydrogen) atoms. The third-order valence-electron chi connectivity index (χ3n) is 3.18. The highest BCUT2D eigenvalue weighted by molar-refractivity contribution is 5.14. The molecule has 0 saturated carbocycles. The fourth-order valence-electron chi connectivity index (χ4n) is 2.20. The maximum absolute atomic E-state index is 9.58. The van der Waals surface area contributed by atoms with Gasteiger partial charge in [-0.2, -0.15) is 10.1 Å². The highest BCUT2D eigenvalue weighted by Gasteiger charge is 2.21. The molecule has 102 valence electrons. The standard InChI is InChI=1S/C11H15N5O3/c17-6-10(18)9-3-8-4-15(1-2-16(8)13-9)5-11-12-7-19-14-11/h3,7,10,17-18H,1-2,4-6H2. The molecule has 0 aliphatic carbocycles. The molecule has 1 atom stereocenters. The smallest absolute Gasteiger partial charge is 0.213 e. The summed E-state index contributed by atoms with van der Waals surface area (Å²) in [5, 5.41) is 26.6. The van der Waals surface area contributed by atoms with Gasteiger partial charge < -0.3 is 14.7 Å². The van der Waals surface area contributed by atoms with E-state index in [2.05, 4.69) is 20.1 Å². The summed E-state index contributed by atoms with van der Waals surface area (Å²) in [5.41, 5.74) is 1.52. The molecular formula is C11H15N5O3. The van der Waals surface area contributed by atoms with Crippen molar-refractivity contribution in [2.45, 2.75) is 25.7 Å². The first-order chi connectivity index (χ1) is 9.26. The minimum Gasteiger partial charge on any atom is -0.393 e. The SMILES string of the molecule is OCC(O)c1cc2n(n1)CCN(Cc1ncon1)C2. The van der Waals surface area contributed by atoms with Gasteiger partial charge in [0.2, 0.25) is 6.39 Å². The molecule has 0 aromatic carbocycles. The van der Waals surface area contributed by atoms with Crippen LogP contribution in [0, 0.1) is 0 Å². The quantitative estimate of drug-likeness (QED) is 0.754. The third-order valence-corrected chi connectivity index (χ3v) is 3.18. The maximum Gasteiger partial charge on any atom is 0.213 e. The molecule has 0 radical (unpaired) electrons. The summed E-state index contributed by atoms with van der Waals surface area (Å²) >= 11 is 0. The Morgan fingerprint density at radius 2 is 2.32 bits per heavy atom. The van der Waals surface area contributed by atoms with E-state index in [-0.39, 0.29) is 6.61 Å². The van der Waals surface area contributed by atoms with Crippen LogP contribution >= 0.6 is 0 Å². The highest BCUT2D eigenvalue weighted by Crippen LogP contribution is 2.18. The van der Waals surface area contributed by atoms with Crippen molar-refractivity contribution < 1.29 is 14.7 Å². The van der Waals surface area contributed by atoms with Crippen molar-refractivity contribution in [1.82, 2.24) is 24.8 Å². The normalized spacial score (nSPS) is 17.4. The number of fused-ring (bicyclic) bond motifs is 1. The summed E-state index contributed by atoms with van der Waals surface area (Å²) in [6, 6.07) is 1.82. The van der Waals surface area contributed by atoms with E-state index in [1.54, 1.807) is 0 Å². The Bertz CT molecular complexity index is 539. The number of nitrogens with zero attached hydrogens (tertiary/aromatic N) is 5. The average molecular weight is 265 g/mol. The zero-order valence-electron chi connectivity index (χ0n) is 10.3. The number of aromatic nitrogens is 4. The minimum atomic E-state index is -0.913. The summed E-state index contributed by atoms with van der Waals surface area (Å²) in [4.78, 5) is 6.18. The van der Waals surface area contributed by atoms with E-state index in [1.165, 1.54) is 6.39 Å². The molecule has 8 nitrogen and oxygen atoms in total. The second kappa shape index (κ2) is 5.08. The van der Waals surface area contributed by atoms with Crippen LogP contribution in [0.3, 0.4) is 0 Å². The van der Waals surface area contributed by atoms with E-state index in [0.29, 0.717) is 24.6 Å². The van der Waals surface area contributed by atoms with Gasteiger partial charge in [-0.25, -0.2) is 0 Å². The fourth-order valence-corrected chi connectivity index (χ4v) is 2.20. The summed E-state index contributed by atoms with van der Waals surface area (Å²) < 4.78 is 6.57. The molecule has 0 bridgehead atoms. The van der Waals surface area contributed by atoms with Crippen LogP contribution in [0.2, 0.25) is 0 Å². The number of aliphatic hydroxyl groups excluding tert-OH is 2. The Morgan fingerprint density at radius 1 is 1.42 bits per heavy atom. The molecule has 8 heteroatoms. The Kier molecular flexibility index (Phi) is 3.28. The Labute approximate surface area is 109 Å². The highest BCUT2D eigenvalue weighted by atomic mass is 16.5. The first-order valence-corrected chi connectivity index (χ1v) is 6.09. The fraction of sp³-hybridized carbons (Fsp3) is 0.545. The topological polar surface area (TPSA) is 100 Å². The van der Waals surface area contributed by atoms with Gasteiger partial charge >= 0.3 is 0 Å². The van der Waals surface area contributed by atoms with Gasteiger partial charge in [-0.05, 0) is 6.07 Å². The number of rotatable bonds is 4. The molecule has 0 saturated heterocycles. The molecule has 3 heterocycles. The average Bonchev–Trinajstić information content (AvgIpc) is 3.06. The van der Waals surface area contributed by atoms with E-state index in [9.17, 15) is 5.11 Å². The number of hydrogen-bond donors (Lipinski definition) is 2. The second-order valence-corrected chi connectivity index (χ2v) is 4.54. The van der Waals surface area contributed by atoms with Gasteiger partial charge in [0.1, 0.15) is 6.10 Å². The monoisotopic (exact) mass is 265 g/mol. The predicted molar refractivity (Wildman–Crippen MR) is 62.7 cm³/mol.